The second kappa shape index (κ2) is 12.8. The number of piperidine rings is 1. The lowest BCUT2D eigenvalue weighted by Crippen LogP contribution is -2.38. The highest BCUT2D eigenvalue weighted by molar-refractivity contribution is 6.76. The Kier molecular flexibility index (Phi) is 9.22. The molecule has 1 aliphatic rings. The third-order valence-electron chi connectivity index (χ3n) is 8.67. The average Bonchev–Trinajstić information content (AvgIpc) is 3.39. The largest absolute Gasteiger partial charge is 0.363 e. The van der Waals surface area contributed by atoms with Crippen molar-refractivity contribution in [2.24, 2.45) is 7.05 Å². The monoisotopic (exact) mass is 624 g/mol. The number of halogens is 2. The highest BCUT2D eigenvalue weighted by Gasteiger charge is 2.26. The SMILES string of the molecule is CC(=O)N1CCC(c2cc3c(N[C@H](C)c4cc(C(F)F)c5ccn(COCC[Si](C)(C)C)c5c4)ncnc3n(C)c2=O)CC1. The van der Waals surface area contributed by atoms with Gasteiger partial charge in [-0.2, -0.15) is 0 Å². The van der Waals surface area contributed by atoms with E-state index < -0.39 is 14.5 Å². The molecule has 9 nitrogen and oxygen atoms in total. The van der Waals surface area contributed by atoms with E-state index in [1.54, 1.807) is 37.2 Å². The molecule has 44 heavy (non-hydrogen) atoms. The molecule has 1 N–H and O–H groups in total. The first kappa shape index (κ1) is 31.8. The third-order valence-corrected chi connectivity index (χ3v) is 10.4. The van der Waals surface area contributed by atoms with Crippen molar-refractivity contribution in [1.82, 2.24) is 24.0 Å². The summed E-state index contributed by atoms with van der Waals surface area (Å²) in [5.74, 6) is 0.568. The van der Waals surface area contributed by atoms with Crippen LogP contribution in [0.4, 0.5) is 14.6 Å². The molecule has 0 aliphatic carbocycles. The smallest absolute Gasteiger partial charge is 0.264 e. The van der Waals surface area contributed by atoms with E-state index in [0.29, 0.717) is 78.1 Å². The summed E-state index contributed by atoms with van der Waals surface area (Å²) in [7, 11) is 0.446. The molecule has 4 heterocycles. The number of hydrogen-bond acceptors (Lipinski definition) is 6. The molecule has 1 aliphatic heterocycles. The molecule has 1 aromatic carbocycles. The molecular weight excluding hydrogens is 582 g/mol. The number of aromatic nitrogens is 4. The van der Waals surface area contributed by atoms with Crippen LogP contribution in [-0.4, -0.2) is 57.7 Å². The number of fused-ring (bicyclic) bond motifs is 2. The van der Waals surface area contributed by atoms with Gasteiger partial charge in [0, 0.05) is 64.5 Å². The maximum absolute atomic E-state index is 14.3. The Morgan fingerprint density at radius 1 is 1.14 bits per heavy atom. The highest BCUT2D eigenvalue weighted by atomic mass is 28.3. The van der Waals surface area contributed by atoms with Gasteiger partial charge in [0.2, 0.25) is 5.91 Å². The number of ether oxygens (including phenoxy) is 1. The van der Waals surface area contributed by atoms with Crippen molar-refractivity contribution in [1.29, 1.82) is 0 Å². The maximum atomic E-state index is 14.3. The molecular formula is C32H42F2N6O3Si. The molecule has 0 saturated carbocycles. The Balaban J connectivity index is 1.45. The molecule has 1 amide bonds. The molecule has 12 heteroatoms. The molecule has 0 spiro atoms. The van der Waals surface area contributed by atoms with E-state index in [4.69, 9.17) is 4.74 Å². The second-order valence-corrected chi connectivity index (χ2v) is 18.7. The number of benzene rings is 1. The van der Waals surface area contributed by atoms with Crippen LogP contribution in [0.15, 0.2) is 41.6 Å². The molecule has 0 radical (unpaired) electrons. The van der Waals surface area contributed by atoms with Gasteiger partial charge in [-0.1, -0.05) is 19.6 Å². The predicted octanol–water partition coefficient (Wildman–Crippen LogP) is 6.43. The Morgan fingerprint density at radius 3 is 2.52 bits per heavy atom. The molecule has 1 saturated heterocycles. The van der Waals surface area contributed by atoms with Crippen LogP contribution in [0.5, 0.6) is 0 Å². The zero-order valence-electron chi connectivity index (χ0n) is 26.4. The summed E-state index contributed by atoms with van der Waals surface area (Å²) in [5.41, 5.74) is 2.38. The topological polar surface area (TPSA) is 94.3 Å². The standard InChI is InChI=1S/C32H42F2N6O3Si/c1-20(23-15-26(29(33)34)24-9-12-40(28(24)16-23)19-43-13-14-44(4,5)6)37-30-27-17-25(22-7-10-39(11-8-22)21(2)41)32(42)38(3)31(27)36-18-35-30/h9,12,15-18,20,22,29H,7-8,10-11,13-14,19H2,1-6H3,(H,35,36,37)/t20-/m1/s1. The summed E-state index contributed by atoms with van der Waals surface area (Å²) in [4.78, 5) is 35.9. The van der Waals surface area contributed by atoms with Gasteiger partial charge in [0.15, 0.2) is 0 Å². The lowest BCUT2D eigenvalue weighted by Gasteiger charge is -2.31. The van der Waals surface area contributed by atoms with E-state index in [-0.39, 0.29) is 29.0 Å². The number of aryl methyl sites for hydroxylation is 1. The summed E-state index contributed by atoms with van der Waals surface area (Å²) < 4.78 is 37.9. The van der Waals surface area contributed by atoms with E-state index in [0.717, 1.165) is 6.04 Å². The fourth-order valence-corrected chi connectivity index (χ4v) is 6.68. The van der Waals surface area contributed by atoms with E-state index in [2.05, 4.69) is 34.9 Å². The number of amides is 1. The Hall–Kier alpha value is -3.64. The van der Waals surface area contributed by atoms with Crippen LogP contribution in [0.3, 0.4) is 0 Å². The second-order valence-electron chi connectivity index (χ2n) is 13.0. The Labute approximate surface area is 257 Å². The van der Waals surface area contributed by atoms with Gasteiger partial charge < -0.3 is 19.5 Å². The van der Waals surface area contributed by atoms with Gasteiger partial charge in [0.1, 0.15) is 24.5 Å². The van der Waals surface area contributed by atoms with Crippen molar-refractivity contribution in [3.63, 3.8) is 0 Å². The first-order chi connectivity index (χ1) is 20.8. The van der Waals surface area contributed by atoms with Crippen molar-refractivity contribution in [3.8, 4) is 0 Å². The minimum Gasteiger partial charge on any atom is -0.363 e. The number of alkyl halides is 2. The lowest BCUT2D eigenvalue weighted by molar-refractivity contribution is -0.129. The summed E-state index contributed by atoms with van der Waals surface area (Å²) in [6.07, 6.45) is 1.96. The van der Waals surface area contributed by atoms with Gasteiger partial charge in [0.05, 0.1) is 16.9 Å². The molecule has 1 fully saturated rings. The number of rotatable bonds is 10. The van der Waals surface area contributed by atoms with Crippen LogP contribution in [0.1, 0.15) is 61.8 Å². The number of hydrogen-bond donors (Lipinski definition) is 1. The van der Waals surface area contributed by atoms with E-state index in [9.17, 15) is 18.4 Å². The molecule has 236 valence electrons. The molecule has 3 aromatic heterocycles. The fourth-order valence-electron chi connectivity index (χ4n) is 5.93. The normalized spacial score (nSPS) is 15.4. The van der Waals surface area contributed by atoms with Gasteiger partial charge in [-0.15, -0.1) is 0 Å². The van der Waals surface area contributed by atoms with Crippen molar-refractivity contribution in [2.45, 2.75) is 77.5 Å². The summed E-state index contributed by atoms with van der Waals surface area (Å²) in [5, 5.41) is 4.60. The number of carbonyl (C=O) groups excluding carboxylic acids is 1. The Bertz CT molecular complexity index is 1720. The molecule has 0 bridgehead atoms. The maximum Gasteiger partial charge on any atom is 0.264 e. The number of pyridine rings is 1. The minimum absolute atomic E-state index is 0.0101. The quantitative estimate of drug-likeness (QED) is 0.161. The molecule has 0 unspecified atom stereocenters. The summed E-state index contributed by atoms with van der Waals surface area (Å²) >= 11 is 0. The van der Waals surface area contributed by atoms with E-state index in [1.165, 1.54) is 10.9 Å². The van der Waals surface area contributed by atoms with E-state index >= 15 is 0 Å². The van der Waals surface area contributed by atoms with Crippen LogP contribution < -0.4 is 10.9 Å². The zero-order valence-corrected chi connectivity index (χ0v) is 27.4. The number of likely N-dealkylation sites (tertiary alicyclic amines) is 1. The number of nitrogens with zero attached hydrogens (tertiary/aromatic N) is 5. The van der Waals surface area contributed by atoms with Gasteiger partial charge in [-0.05, 0) is 61.6 Å². The van der Waals surface area contributed by atoms with Crippen molar-refractivity contribution < 1.29 is 18.3 Å². The van der Waals surface area contributed by atoms with Crippen molar-refractivity contribution in [3.05, 3.63) is 63.8 Å². The third kappa shape index (κ3) is 6.70. The number of nitrogens with one attached hydrogen (secondary N) is 1. The van der Waals surface area contributed by atoms with Crippen LogP contribution in [0.25, 0.3) is 21.9 Å². The fraction of sp³-hybridized carbons (Fsp3) is 0.500. The number of anilines is 1. The van der Waals surface area contributed by atoms with Crippen LogP contribution in [-0.2, 0) is 23.3 Å². The highest BCUT2D eigenvalue weighted by Crippen LogP contribution is 2.34. The van der Waals surface area contributed by atoms with Crippen LogP contribution in [0.2, 0.25) is 25.7 Å². The van der Waals surface area contributed by atoms with Crippen molar-refractivity contribution in [2.75, 3.05) is 25.0 Å². The molecule has 1 atom stereocenters. The van der Waals surface area contributed by atoms with Gasteiger partial charge in [-0.3, -0.25) is 14.2 Å². The predicted molar refractivity (Wildman–Crippen MR) is 172 cm³/mol. The summed E-state index contributed by atoms with van der Waals surface area (Å²) in [6.45, 7) is 12.5. The summed E-state index contributed by atoms with van der Waals surface area (Å²) in [6, 6.07) is 7.70. The first-order valence-corrected chi connectivity index (χ1v) is 18.9. The average molecular weight is 625 g/mol. The lowest BCUT2D eigenvalue weighted by atomic mass is 9.89. The van der Waals surface area contributed by atoms with E-state index in [1.807, 2.05) is 23.6 Å². The molecule has 5 rings (SSSR count). The zero-order chi connectivity index (χ0) is 31.8. The Morgan fingerprint density at radius 2 is 1.86 bits per heavy atom. The number of carbonyl (C=O) groups is 1. The van der Waals surface area contributed by atoms with Gasteiger partial charge >= 0.3 is 0 Å². The first-order valence-electron chi connectivity index (χ1n) is 15.2. The van der Waals surface area contributed by atoms with Gasteiger partial charge in [-0.25, -0.2) is 18.7 Å². The molecule has 4 aromatic rings. The minimum atomic E-state index is -2.64. The van der Waals surface area contributed by atoms with Crippen molar-refractivity contribution >= 4 is 41.7 Å². The van der Waals surface area contributed by atoms with Gasteiger partial charge in [0.25, 0.3) is 12.0 Å². The van der Waals surface area contributed by atoms with Crippen LogP contribution in [0, 0.1) is 0 Å². The van der Waals surface area contributed by atoms with Crippen LogP contribution >= 0.6 is 0 Å².